The minimum absolute atomic E-state index is 0.196. The van der Waals surface area contributed by atoms with E-state index >= 15 is 0 Å². The number of aromatic nitrogens is 2. The fourth-order valence-electron chi connectivity index (χ4n) is 3.90. The van der Waals surface area contributed by atoms with Crippen molar-refractivity contribution in [2.75, 3.05) is 13.1 Å². The zero-order chi connectivity index (χ0) is 23.0. The monoisotopic (exact) mass is 448 g/mol. The molecule has 172 valence electrons. The summed E-state index contributed by atoms with van der Waals surface area (Å²) in [6.45, 7) is 5.37. The highest BCUT2D eigenvalue weighted by Gasteiger charge is 2.25. The first-order chi connectivity index (χ1) is 16.1. The van der Waals surface area contributed by atoms with E-state index in [1.807, 2.05) is 0 Å². The standard InChI is InChI=1S/C25H28N4O4/c1-18-4-2-3-5-21(18)16-29-14-12-20(13-15-29)25-26-24(33-28-25)17-32-22-9-6-19(7-10-22)8-11-23(30)27-31/h2-11,20,31H,12-17H2,1H3,(H,27,30)/b11-8+. The summed E-state index contributed by atoms with van der Waals surface area (Å²) in [5.74, 6) is 1.59. The molecule has 2 N–H and O–H groups in total. The first-order valence-electron chi connectivity index (χ1n) is 11.0. The van der Waals surface area contributed by atoms with Crippen LogP contribution in [-0.2, 0) is 17.9 Å². The smallest absolute Gasteiger partial charge is 0.267 e. The molecule has 0 aliphatic carbocycles. The molecule has 1 aliphatic rings. The molecule has 4 rings (SSSR count). The van der Waals surface area contributed by atoms with Crippen LogP contribution in [0.25, 0.3) is 6.08 Å². The minimum Gasteiger partial charge on any atom is -0.484 e. The van der Waals surface area contributed by atoms with Gasteiger partial charge in [-0.05, 0) is 67.8 Å². The summed E-state index contributed by atoms with van der Waals surface area (Å²) in [6, 6.07) is 15.7. The Bertz CT molecular complexity index is 1090. The third kappa shape index (κ3) is 6.27. The van der Waals surface area contributed by atoms with Crippen molar-refractivity contribution in [1.29, 1.82) is 0 Å². The van der Waals surface area contributed by atoms with E-state index in [1.54, 1.807) is 35.8 Å². The largest absolute Gasteiger partial charge is 0.484 e. The predicted octanol–water partition coefficient (Wildman–Crippen LogP) is 3.86. The van der Waals surface area contributed by atoms with Gasteiger partial charge in [-0.2, -0.15) is 4.98 Å². The molecule has 0 radical (unpaired) electrons. The number of piperidine rings is 1. The molecule has 0 saturated carbocycles. The van der Waals surface area contributed by atoms with Crippen LogP contribution in [0.1, 0.15) is 47.2 Å². The first-order valence-corrected chi connectivity index (χ1v) is 11.0. The normalized spacial score (nSPS) is 15.1. The van der Waals surface area contributed by atoms with Gasteiger partial charge in [-0.15, -0.1) is 0 Å². The second kappa shape index (κ2) is 10.9. The van der Waals surface area contributed by atoms with Gasteiger partial charge in [0.15, 0.2) is 12.4 Å². The lowest BCUT2D eigenvalue weighted by Crippen LogP contribution is -2.33. The summed E-state index contributed by atoms with van der Waals surface area (Å²) in [5.41, 5.74) is 5.07. The molecule has 1 aromatic heterocycles. The van der Waals surface area contributed by atoms with Gasteiger partial charge in [0.1, 0.15) is 5.75 Å². The van der Waals surface area contributed by atoms with Crippen molar-refractivity contribution in [2.24, 2.45) is 0 Å². The van der Waals surface area contributed by atoms with Gasteiger partial charge >= 0.3 is 0 Å². The van der Waals surface area contributed by atoms with Crippen LogP contribution >= 0.6 is 0 Å². The van der Waals surface area contributed by atoms with Crippen LogP contribution in [-0.4, -0.2) is 39.2 Å². The summed E-state index contributed by atoms with van der Waals surface area (Å²) in [4.78, 5) is 18.1. The van der Waals surface area contributed by atoms with Gasteiger partial charge < -0.3 is 9.26 Å². The molecule has 8 nitrogen and oxygen atoms in total. The number of benzene rings is 2. The van der Waals surface area contributed by atoms with E-state index in [9.17, 15) is 4.79 Å². The van der Waals surface area contributed by atoms with Gasteiger partial charge in [-0.1, -0.05) is 41.6 Å². The van der Waals surface area contributed by atoms with Gasteiger partial charge in [0.25, 0.3) is 11.8 Å². The fourth-order valence-corrected chi connectivity index (χ4v) is 3.90. The highest BCUT2D eigenvalue weighted by Crippen LogP contribution is 2.27. The molecule has 2 heterocycles. The van der Waals surface area contributed by atoms with Crippen LogP contribution in [0.4, 0.5) is 0 Å². The topological polar surface area (TPSA) is 101 Å². The van der Waals surface area contributed by atoms with E-state index in [-0.39, 0.29) is 6.61 Å². The van der Waals surface area contributed by atoms with Crippen molar-refractivity contribution in [3.05, 3.63) is 83.0 Å². The molecule has 33 heavy (non-hydrogen) atoms. The van der Waals surface area contributed by atoms with Crippen LogP contribution < -0.4 is 10.2 Å². The first kappa shape index (κ1) is 22.7. The Balaban J connectivity index is 1.24. The molecule has 0 atom stereocenters. The summed E-state index contributed by atoms with van der Waals surface area (Å²) in [5, 5.41) is 12.7. The number of amides is 1. The molecule has 1 saturated heterocycles. The molecule has 1 amide bonds. The van der Waals surface area contributed by atoms with Crippen molar-refractivity contribution < 1.29 is 19.3 Å². The summed E-state index contributed by atoms with van der Waals surface area (Å²) in [7, 11) is 0. The van der Waals surface area contributed by atoms with Crippen molar-refractivity contribution >= 4 is 12.0 Å². The van der Waals surface area contributed by atoms with Crippen molar-refractivity contribution in [1.82, 2.24) is 20.5 Å². The quantitative estimate of drug-likeness (QED) is 0.307. The van der Waals surface area contributed by atoms with Gasteiger partial charge in [-0.25, -0.2) is 5.48 Å². The molecule has 1 fully saturated rings. The maximum atomic E-state index is 11.0. The van der Waals surface area contributed by atoms with Crippen LogP contribution in [0.5, 0.6) is 5.75 Å². The number of hydroxylamine groups is 1. The number of ether oxygens (including phenoxy) is 1. The molecule has 0 spiro atoms. The van der Waals surface area contributed by atoms with Crippen LogP contribution in [0.15, 0.2) is 59.1 Å². The molecular formula is C25H28N4O4. The lowest BCUT2D eigenvalue weighted by atomic mass is 9.95. The molecule has 2 aromatic carbocycles. The molecule has 3 aromatic rings. The Hall–Kier alpha value is -3.49. The lowest BCUT2D eigenvalue weighted by molar-refractivity contribution is -0.124. The Labute approximate surface area is 192 Å². The number of aryl methyl sites for hydroxylation is 1. The maximum Gasteiger partial charge on any atom is 0.267 e. The molecule has 1 aliphatic heterocycles. The average molecular weight is 449 g/mol. The van der Waals surface area contributed by atoms with Gasteiger partial charge in [0.05, 0.1) is 0 Å². The number of likely N-dealkylation sites (tertiary alicyclic amines) is 1. The van der Waals surface area contributed by atoms with E-state index in [2.05, 4.69) is 46.2 Å². The Morgan fingerprint density at radius 2 is 1.97 bits per heavy atom. The third-order valence-electron chi connectivity index (χ3n) is 5.87. The van der Waals surface area contributed by atoms with E-state index in [4.69, 9.17) is 14.5 Å². The van der Waals surface area contributed by atoms with E-state index in [1.165, 1.54) is 17.2 Å². The number of carbonyl (C=O) groups excluding carboxylic acids is 1. The number of hydrogen-bond donors (Lipinski definition) is 2. The van der Waals surface area contributed by atoms with E-state index in [0.29, 0.717) is 17.6 Å². The number of carbonyl (C=O) groups is 1. The molecule has 0 bridgehead atoms. The van der Waals surface area contributed by atoms with Crippen molar-refractivity contribution in [3.8, 4) is 5.75 Å². The fraction of sp³-hybridized carbons (Fsp3) is 0.320. The summed E-state index contributed by atoms with van der Waals surface area (Å²) >= 11 is 0. The van der Waals surface area contributed by atoms with Crippen molar-refractivity contribution in [2.45, 2.75) is 38.8 Å². The number of hydrogen-bond acceptors (Lipinski definition) is 7. The molecular weight excluding hydrogens is 420 g/mol. The zero-order valence-corrected chi connectivity index (χ0v) is 18.6. The maximum absolute atomic E-state index is 11.0. The second-order valence-electron chi connectivity index (χ2n) is 8.19. The Morgan fingerprint density at radius 1 is 1.21 bits per heavy atom. The molecule has 0 unspecified atom stereocenters. The number of nitrogens with zero attached hydrogens (tertiary/aromatic N) is 3. The van der Waals surface area contributed by atoms with Crippen LogP contribution in [0.3, 0.4) is 0 Å². The average Bonchev–Trinajstić information content (AvgIpc) is 3.33. The highest BCUT2D eigenvalue weighted by molar-refractivity contribution is 5.90. The number of nitrogens with one attached hydrogen (secondary N) is 1. The van der Waals surface area contributed by atoms with Crippen LogP contribution in [0.2, 0.25) is 0 Å². The predicted molar refractivity (Wildman–Crippen MR) is 122 cm³/mol. The Kier molecular flexibility index (Phi) is 7.49. The summed E-state index contributed by atoms with van der Waals surface area (Å²) < 4.78 is 11.1. The van der Waals surface area contributed by atoms with Gasteiger partial charge in [0.2, 0.25) is 0 Å². The van der Waals surface area contributed by atoms with E-state index in [0.717, 1.165) is 43.9 Å². The van der Waals surface area contributed by atoms with E-state index < -0.39 is 5.91 Å². The van der Waals surface area contributed by atoms with Crippen molar-refractivity contribution in [3.63, 3.8) is 0 Å². The summed E-state index contributed by atoms with van der Waals surface area (Å²) in [6.07, 6.45) is 4.85. The lowest BCUT2D eigenvalue weighted by Gasteiger charge is -2.30. The second-order valence-corrected chi connectivity index (χ2v) is 8.19. The Morgan fingerprint density at radius 3 is 2.70 bits per heavy atom. The third-order valence-corrected chi connectivity index (χ3v) is 5.87. The van der Waals surface area contributed by atoms with Gasteiger partial charge in [-0.3, -0.25) is 14.9 Å². The molecule has 8 heteroatoms. The zero-order valence-electron chi connectivity index (χ0n) is 18.6. The highest BCUT2D eigenvalue weighted by atomic mass is 16.5. The minimum atomic E-state index is -0.584. The SMILES string of the molecule is Cc1ccccc1CN1CCC(c2noc(COc3ccc(/C=C/C(=O)NO)cc3)n2)CC1. The van der Waals surface area contributed by atoms with Crippen LogP contribution in [0, 0.1) is 6.92 Å². The van der Waals surface area contributed by atoms with Gasteiger partial charge in [0, 0.05) is 18.5 Å². The number of rotatable bonds is 8.